The van der Waals surface area contributed by atoms with E-state index in [1.54, 1.807) is 6.07 Å². The van der Waals surface area contributed by atoms with Crippen molar-refractivity contribution in [3.05, 3.63) is 62.9 Å². The number of hydrogen-bond donors (Lipinski definition) is 0. The van der Waals surface area contributed by atoms with E-state index in [0.717, 1.165) is 0 Å². The van der Waals surface area contributed by atoms with E-state index in [4.69, 9.17) is 4.74 Å². The fourth-order valence-electron chi connectivity index (χ4n) is 1.33. The van der Waals surface area contributed by atoms with Gasteiger partial charge < -0.3 is 4.74 Å². The van der Waals surface area contributed by atoms with Crippen LogP contribution in [0.1, 0.15) is 0 Å². The average molecular weight is 312 g/mol. The third-order valence-corrected chi connectivity index (χ3v) is 2.83. The maximum Gasteiger partial charge on any atom is 0.287 e. The zero-order chi connectivity index (χ0) is 13.1. The van der Waals surface area contributed by atoms with Gasteiger partial charge in [-0.15, -0.1) is 0 Å². The van der Waals surface area contributed by atoms with Crippen LogP contribution in [0.4, 0.5) is 10.1 Å². The van der Waals surface area contributed by atoms with Crippen LogP contribution in [0.3, 0.4) is 0 Å². The molecule has 0 spiro atoms. The van der Waals surface area contributed by atoms with Gasteiger partial charge in [-0.25, -0.2) is 4.39 Å². The van der Waals surface area contributed by atoms with Crippen LogP contribution in [-0.2, 0) is 0 Å². The fourth-order valence-corrected chi connectivity index (χ4v) is 1.73. The summed E-state index contributed by atoms with van der Waals surface area (Å²) in [6.45, 7) is 0. The van der Waals surface area contributed by atoms with Crippen LogP contribution in [0.15, 0.2) is 46.9 Å². The molecule has 0 fully saturated rings. The Balaban J connectivity index is 2.27. The minimum absolute atomic E-state index is 0.0883. The molecule has 2 aromatic rings. The van der Waals surface area contributed by atoms with Crippen molar-refractivity contribution < 1.29 is 14.1 Å². The fraction of sp³-hybridized carbons (Fsp3) is 0. The van der Waals surface area contributed by atoms with Gasteiger partial charge in [-0.1, -0.05) is 0 Å². The van der Waals surface area contributed by atoms with Crippen molar-refractivity contribution in [1.29, 1.82) is 0 Å². The summed E-state index contributed by atoms with van der Waals surface area (Å²) in [4.78, 5) is 10.2. The molecule has 0 unspecified atom stereocenters. The number of hydrogen-bond acceptors (Lipinski definition) is 3. The van der Waals surface area contributed by atoms with E-state index in [2.05, 4.69) is 15.9 Å². The Labute approximate surface area is 110 Å². The number of nitro benzene ring substituents is 1. The van der Waals surface area contributed by atoms with Gasteiger partial charge in [0.05, 0.1) is 15.5 Å². The second-order valence-corrected chi connectivity index (χ2v) is 4.28. The van der Waals surface area contributed by atoms with E-state index in [1.165, 1.54) is 36.4 Å². The van der Waals surface area contributed by atoms with Crippen LogP contribution in [0.2, 0.25) is 0 Å². The first-order chi connectivity index (χ1) is 8.56. The summed E-state index contributed by atoms with van der Waals surface area (Å²) in [6, 6.07) is 9.81. The Kier molecular flexibility index (Phi) is 3.57. The summed E-state index contributed by atoms with van der Waals surface area (Å²) in [6.07, 6.45) is 0. The van der Waals surface area contributed by atoms with Crippen LogP contribution < -0.4 is 4.74 Å². The lowest BCUT2D eigenvalue weighted by atomic mass is 10.3. The highest BCUT2D eigenvalue weighted by atomic mass is 79.9. The van der Waals surface area contributed by atoms with Crippen molar-refractivity contribution in [1.82, 2.24) is 0 Å². The summed E-state index contributed by atoms with van der Waals surface area (Å²) in [5, 5.41) is 10.7. The van der Waals surface area contributed by atoms with Gasteiger partial charge in [0.25, 0.3) is 5.69 Å². The number of nitro groups is 1. The standard InChI is InChI=1S/C12H7BrFNO3/c13-11-6-5-10(7-12(11)15(16)17)18-9-3-1-8(14)2-4-9/h1-7H. The molecule has 0 amide bonds. The third kappa shape index (κ3) is 2.84. The molecule has 2 rings (SSSR count). The third-order valence-electron chi connectivity index (χ3n) is 2.16. The number of ether oxygens (including phenoxy) is 1. The SMILES string of the molecule is O=[N+]([O-])c1cc(Oc2ccc(F)cc2)ccc1Br. The quantitative estimate of drug-likeness (QED) is 0.627. The van der Waals surface area contributed by atoms with Crippen molar-refractivity contribution in [3.8, 4) is 11.5 Å². The van der Waals surface area contributed by atoms with Crippen LogP contribution in [-0.4, -0.2) is 4.92 Å². The normalized spacial score (nSPS) is 10.1. The lowest BCUT2D eigenvalue weighted by molar-refractivity contribution is -0.385. The first-order valence-corrected chi connectivity index (χ1v) is 5.73. The van der Waals surface area contributed by atoms with Crippen LogP contribution in [0, 0.1) is 15.9 Å². The first kappa shape index (κ1) is 12.5. The summed E-state index contributed by atoms with van der Waals surface area (Å²) >= 11 is 3.08. The zero-order valence-corrected chi connectivity index (χ0v) is 10.6. The molecule has 0 bridgehead atoms. The molecule has 0 saturated carbocycles. The molecule has 0 aliphatic rings. The van der Waals surface area contributed by atoms with Crippen molar-refractivity contribution >= 4 is 21.6 Å². The molecule has 0 N–H and O–H groups in total. The molecule has 0 saturated heterocycles. The summed E-state index contributed by atoms with van der Waals surface area (Å²) < 4.78 is 18.5. The molecule has 18 heavy (non-hydrogen) atoms. The lowest BCUT2D eigenvalue weighted by Crippen LogP contribution is -1.91. The Bertz CT molecular complexity index is 586. The van der Waals surface area contributed by atoms with Crippen LogP contribution >= 0.6 is 15.9 Å². The minimum Gasteiger partial charge on any atom is -0.457 e. The van der Waals surface area contributed by atoms with Gasteiger partial charge in [0, 0.05) is 0 Å². The van der Waals surface area contributed by atoms with Gasteiger partial charge in [-0.3, -0.25) is 10.1 Å². The second-order valence-electron chi connectivity index (χ2n) is 3.43. The highest BCUT2D eigenvalue weighted by Crippen LogP contribution is 2.31. The Morgan fingerprint density at radius 2 is 1.72 bits per heavy atom. The molecule has 0 aliphatic heterocycles. The molecular weight excluding hydrogens is 305 g/mol. The zero-order valence-electron chi connectivity index (χ0n) is 8.97. The maximum atomic E-state index is 12.7. The van der Waals surface area contributed by atoms with E-state index in [-0.39, 0.29) is 11.5 Å². The lowest BCUT2D eigenvalue weighted by Gasteiger charge is -2.05. The second kappa shape index (κ2) is 5.14. The smallest absolute Gasteiger partial charge is 0.287 e. The predicted octanol–water partition coefficient (Wildman–Crippen LogP) is 4.29. The van der Waals surface area contributed by atoms with Gasteiger partial charge in [-0.2, -0.15) is 0 Å². The van der Waals surface area contributed by atoms with Gasteiger partial charge in [0.2, 0.25) is 0 Å². The highest BCUT2D eigenvalue weighted by Gasteiger charge is 2.13. The van der Waals surface area contributed by atoms with Gasteiger partial charge >= 0.3 is 0 Å². The molecule has 0 aliphatic carbocycles. The van der Waals surface area contributed by atoms with Crippen molar-refractivity contribution in [2.75, 3.05) is 0 Å². The summed E-state index contributed by atoms with van der Waals surface area (Å²) in [7, 11) is 0. The Morgan fingerprint density at radius 3 is 2.33 bits per heavy atom. The van der Waals surface area contributed by atoms with E-state index < -0.39 is 4.92 Å². The summed E-state index contributed by atoms with van der Waals surface area (Å²) in [5.41, 5.74) is -0.0883. The van der Waals surface area contributed by atoms with Gasteiger partial charge in [0.15, 0.2) is 0 Å². The number of rotatable bonds is 3. The molecule has 0 heterocycles. The van der Waals surface area contributed by atoms with Crippen molar-refractivity contribution in [2.24, 2.45) is 0 Å². The average Bonchev–Trinajstić information content (AvgIpc) is 2.34. The van der Waals surface area contributed by atoms with E-state index >= 15 is 0 Å². The summed E-state index contributed by atoms with van der Waals surface area (Å²) in [5.74, 6) is 0.355. The van der Waals surface area contributed by atoms with E-state index in [9.17, 15) is 14.5 Å². The Morgan fingerprint density at radius 1 is 1.11 bits per heavy atom. The molecule has 0 aromatic heterocycles. The molecule has 6 heteroatoms. The topological polar surface area (TPSA) is 52.4 Å². The number of halogens is 2. The number of benzene rings is 2. The van der Waals surface area contributed by atoms with E-state index in [0.29, 0.717) is 16.0 Å². The molecule has 4 nitrogen and oxygen atoms in total. The Hall–Kier alpha value is -1.95. The monoisotopic (exact) mass is 311 g/mol. The maximum absolute atomic E-state index is 12.7. The largest absolute Gasteiger partial charge is 0.457 e. The molecule has 0 radical (unpaired) electrons. The minimum atomic E-state index is -0.512. The van der Waals surface area contributed by atoms with E-state index in [1.807, 2.05) is 0 Å². The molecule has 92 valence electrons. The van der Waals surface area contributed by atoms with Crippen molar-refractivity contribution in [3.63, 3.8) is 0 Å². The first-order valence-electron chi connectivity index (χ1n) is 4.93. The van der Waals surface area contributed by atoms with Gasteiger partial charge in [-0.05, 0) is 52.3 Å². The molecule has 2 aromatic carbocycles. The molecule has 0 atom stereocenters. The highest BCUT2D eigenvalue weighted by molar-refractivity contribution is 9.10. The number of nitrogens with zero attached hydrogens (tertiary/aromatic N) is 1. The van der Waals surface area contributed by atoms with Crippen LogP contribution in [0.5, 0.6) is 11.5 Å². The van der Waals surface area contributed by atoms with Crippen LogP contribution in [0.25, 0.3) is 0 Å². The predicted molar refractivity (Wildman–Crippen MR) is 67.3 cm³/mol. The van der Waals surface area contributed by atoms with Gasteiger partial charge in [0.1, 0.15) is 17.3 Å². The van der Waals surface area contributed by atoms with Crippen molar-refractivity contribution in [2.45, 2.75) is 0 Å². The molecular formula is C12H7BrFNO3.